The molecule has 0 bridgehead atoms. The molecule has 2 aromatic heterocycles. The van der Waals surface area contributed by atoms with Crippen LogP contribution in [0.15, 0.2) is 48.8 Å². The first-order valence-corrected chi connectivity index (χ1v) is 9.69. The number of methoxy groups -OCH3 is 1. The Bertz CT molecular complexity index is 1140. The maximum absolute atomic E-state index is 12.8. The lowest BCUT2D eigenvalue weighted by atomic mass is 10.1. The summed E-state index contributed by atoms with van der Waals surface area (Å²) in [7, 11) is 3.05. The second-order valence-corrected chi connectivity index (χ2v) is 7.12. The van der Waals surface area contributed by atoms with E-state index in [4.69, 9.17) is 21.1 Å². The van der Waals surface area contributed by atoms with Gasteiger partial charge in [0.25, 0.3) is 11.8 Å². The Balaban J connectivity index is 1.58. The first-order chi connectivity index (χ1) is 15.0. The molecular weight excluding hydrogens is 422 g/mol. The van der Waals surface area contributed by atoms with E-state index in [1.807, 2.05) is 30.3 Å². The Kier molecular flexibility index (Phi) is 5.68. The fourth-order valence-electron chi connectivity index (χ4n) is 3.11. The molecule has 0 saturated carbocycles. The van der Waals surface area contributed by atoms with Crippen LogP contribution in [0, 0.1) is 0 Å². The number of nitrogens with one attached hydrogen (secondary N) is 1. The fourth-order valence-corrected chi connectivity index (χ4v) is 3.26. The minimum Gasteiger partial charge on any atom is -0.493 e. The molecule has 1 aliphatic heterocycles. The van der Waals surface area contributed by atoms with Gasteiger partial charge in [0.1, 0.15) is 18.3 Å². The highest BCUT2D eigenvalue weighted by atomic mass is 35.5. The Hall–Kier alpha value is -3.72. The van der Waals surface area contributed by atoms with Gasteiger partial charge in [0.05, 0.1) is 18.3 Å². The number of hydrogen-bond acceptors (Lipinski definition) is 7. The maximum Gasteiger partial charge on any atom is 0.289 e. The van der Waals surface area contributed by atoms with Gasteiger partial charge in [-0.15, -0.1) is 0 Å². The molecule has 158 valence electrons. The number of halogens is 1. The van der Waals surface area contributed by atoms with Crippen molar-refractivity contribution in [2.45, 2.75) is 6.04 Å². The van der Waals surface area contributed by atoms with Crippen molar-refractivity contribution in [2.24, 2.45) is 0 Å². The number of pyridine rings is 1. The summed E-state index contributed by atoms with van der Waals surface area (Å²) in [5, 5.41) is 3.02. The molecule has 0 saturated heterocycles. The number of hydrogen-bond donors (Lipinski definition) is 1. The van der Waals surface area contributed by atoms with Crippen LogP contribution in [0.25, 0.3) is 11.3 Å². The molecule has 4 rings (SSSR count). The number of fused-ring (bicyclic) bond motifs is 1. The van der Waals surface area contributed by atoms with Crippen molar-refractivity contribution in [3.63, 3.8) is 0 Å². The molecule has 0 fully saturated rings. The minimum atomic E-state index is -0.962. The normalized spacial score (nSPS) is 15.5. The molecule has 3 heterocycles. The largest absolute Gasteiger partial charge is 0.493 e. The lowest BCUT2D eigenvalue weighted by molar-refractivity contribution is -0.120. The van der Waals surface area contributed by atoms with Gasteiger partial charge in [0.2, 0.25) is 5.82 Å². The number of benzene rings is 1. The summed E-state index contributed by atoms with van der Waals surface area (Å²) in [6.45, 7) is -0.0916. The maximum atomic E-state index is 12.8. The Labute approximate surface area is 183 Å². The summed E-state index contributed by atoms with van der Waals surface area (Å²) in [5.74, 6) is -0.0102. The monoisotopic (exact) mass is 439 g/mol. The van der Waals surface area contributed by atoms with Crippen molar-refractivity contribution in [3.8, 4) is 22.8 Å². The second-order valence-electron chi connectivity index (χ2n) is 6.69. The Morgan fingerprint density at radius 2 is 2.03 bits per heavy atom. The van der Waals surface area contributed by atoms with Crippen LogP contribution in [0.1, 0.15) is 10.6 Å². The molecule has 0 radical (unpaired) electrons. The third kappa shape index (κ3) is 4.13. The topological polar surface area (TPSA) is 107 Å². The molecule has 1 aliphatic rings. The standard InChI is InChI=1S/C21H18ClN5O4/c1-27-19-15(8-13(22)9-24-19)31-11-14(21(27)29)25-20(28)18-23-10-16(30-2)17(26-18)12-6-4-3-5-7-12/h3-10,14H,11H2,1-2H3,(H,25,28)/t14-/m0/s1. The zero-order chi connectivity index (χ0) is 22.0. The van der Waals surface area contributed by atoms with E-state index in [0.29, 0.717) is 28.0 Å². The van der Waals surface area contributed by atoms with Crippen LogP contribution in [-0.2, 0) is 4.79 Å². The fraction of sp³-hybridized carbons (Fsp3) is 0.190. The zero-order valence-electron chi connectivity index (χ0n) is 16.7. The number of carbonyl (C=O) groups is 2. The van der Waals surface area contributed by atoms with E-state index in [0.717, 1.165) is 5.56 Å². The van der Waals surface area contributed by atoms with E-state index in [-0.39, 0.29) is 12.4 Å². The summed E-state index contributed by atoms with van der Waals surface area (Å²) in [5.41, 5.74) is 1.23. The summed E-state index contributed by atoms with van der Waals surface area (Å²) in [6.07, 6.45) is 2.84. The highest BCUT2D eigenvalue weighted by Gasteiger charge is 2.32. The summed E-state index contributed by atoms with van der Waals surface area (Å²) < 4.78 is 11.0. The molecule has 0 aliphatic carbocycles. The van der Waals surface area contributed by atoms with Gasteiger partial charge >= 0.3 is 0 Å². The molecule has 0 unspecified atom stereocenters. The van der Waals surface area contributed by atoms with Crippen LogP contribution < -0.4 is 19.7 Å². The van der Waals surface area contributed by atoms with Gasteiger partial charge in [-0.25, -0.2) is 15.0 Å². The van der Waals surface area contributed by atoms with Gasteiger partial charge in [-0.05, 0) is 0 Å². The van der Waals surface area contributed by atoms with Gasteiger partial charge in [0, 0.05) is 24.9 Å². The third-order valence-electron chi connectivity index (χ3n) is 4.68. The summed E-state index contributed by atoms with van der Waals surface area (Å²) >= 11 is 5.96. The first kappa shape index (κ1) is 20.5. The van der Waals surface area contributed by atoms with E-state index in [1.165, 1.54) is 24.4 Å². The van der Waals surface area contributed by atoms with Gasteiger partial charge in [-0.1, -0.05) is 41.9 Å². The van der Waals surface area contributed by atoms with Crippen molar-refractivity contribution < 1.29 is 19.1 Å². The number of rotatable bonds is 4. The molecule has 1 aromatic carbocycles. The third-order valence-corrected chi connectivity index (χ3v) is 4.89. The number of ether oxygens (including phenoxy) is 2. The van der Waals surface area contributed by atoms with Gasteiger partial charge in [-0.2, -0.15) is 0 Å². The molecule has 1 N–H and O–H groups in total. The lowest BCUT2D eigenvalue weighted by Gasteiger charge is -2.19. The van der Waals surface area contributed by atoms with Crippen LogP contribution in [-0.4, -0.2) is 53.6 Å². The van der Waals surface area contributed by atoms with Crippen molar-refractivity contribution in [1.29, 1.82) is 0 Å². The number of aromatic nitrogens is 3. The molecule has 3 aromatic rings. The Morgan fingerprint density at radius 3 is 2.77 bits per heavy atom. The molecule has 31 heavy (non-hydrogen) atoms. The van der Waals surface area contributed by atoms with Crippen LogP contribution in [0.5, 0.6) is 11.5 Å². The van der Waals surface area contributed by atoms with Crippen molar-refractivity contribution in [2.75, 3.05) is 25.7 Å². The van der Waals surface area contributed by atoms with E-state index in [9.17, 15) is 9.59 Å². The van der Waals surface area contributed by atoms with E-state index in [1.54, 1.807) is 13.1 Å². The van der Waals surface area contributed by atoms with Crippen LogP contribution in [0.3, 0.4) is 0 Å². The van der Waals surface area contributed by atoms with Crippen molar-refractivity contribution in [3.05, 3.63) is 59.6 Å². The molecular formula is C21H18ClN5O4. The Morgan fingerprint density at radius 1 is 1.26 bits per heavy atom. The number of nitrogens with zero attached hydrogens (tertiary/aromatic N) is 4. The average molecular weight is 440 g/mol. The summed E-state index contributed by atoms with van der Waals surface area (Å²) in [4.78, 5) is 39.6. The lowest BCUT2D eigenvalue weighted by Crippen LogP contribution is -2.49. The average Bonchev–Trinajstić information content (AvgIpc) is 2.91. The second kappa shape index (κ2) is 8.57. The highest BCUT2D eigenvalue weighted by Crippen LogP contribution is 2.31. The smallest absolute Gasteiger partial charge is 0.289 e. The van der Waals surface area contributed by atoms with Crippen molar-refractivity contribution >= 4 is 29.2 Å². The molecule has 2 amide bonds. The molecule has 1 atom stereocenters. The molecule has 0 spiro atoms. The number of likely N-dealkylation sites (N-methyl/N-ethyl adjacent to an activating group) is 1. The van der Waals surface area contributed by atoms with Crippen molar-refractivity contribution in [1.82, 2.24) is 20.3 Å². The van der Waals surface area contributed by atoms with Gasteiger partial charge in [-0.3, -0.25) is 14.5 Å². The van der Waals surface area contributed by atoms with Gasteiger partial charge < -0.3 is 14.8 Å². The van der Waals surface area contributed by atoms with E-state index in [2.05, 4.69) is 20.3 Å². The quantitative estimate of drug-likeness (QED) is 0.665. The molecule has 9 nitrogen and oxygen atoms in total. The number of amides is 2. The highest BCUT2D eigenvalue weighted by molar-refractivity contribution is 6.30. The number of carbonyl (C=O) groups excluding carboxylic acids is 2. The van der Waals surface area contributed by atoms with E-state index >= 15 is 0 Å². The zero-order valence-corrected chi connectivity index (χ0v) is 17.5. The summed E-state index contributed by atoms with van der Waals surface area (Å²) in [6, 6.07) is 9.88. The SMILES string of the molecule is COc1cnc(C(=O)N[C@H]2COc3cc(Cl)cnc3N(C)C2=O)nc1-c1ccccc1. The van der Waals surface area contributed by atoms with Gasteiger partial charge in [0.15, 0.2) is 17.3 Å². The van der Waals surface area contributed by atoms with Crippen LogP contribution in [0.4, 0.5) is 5.82 Å². The van der Waals surface area contributed by atoms with E-state index < -0.39 is 17.9 Å². The number of anilines is 1. The minimum absolute atomic E-state index is 0.0916. The predicted octanol–water partition coefficient (Wildman–Crippen LogP) is 2.35. The predicted molar refractivity (Wildman–Crippen MR) is 113 cm³/mol. The first-order valence-electron chi connectivity index (χ1n) is 9.31. The molecule has 10 heteroatoms. The van der Waals surface area contributed by atoms with Crippen LogP contribution in [0.2, 0.25) is 5.02 Å². The van der Waals surface area contributed by atoms with Crippen LogP contribution >= 0.6 is 11.6 Å².